The number of aromatic nitrogens is 4. The van der Waals surface area contributed by atoms with Gasteiger partial charge in [0.1, 0.15) is 5.82 Å². The van der Waals surface area contributed by atoms with Crippen LogP contribution < -0.4 is 10.6 Å². The number of hydrogen-bond acceptors (Lipinski definition) is 6. The topological polar surface area (TPSA) is 76.1 Å². The quantitative estimate of drug-likeness (QED) is 0.906. The van der Waals surface area contributed by atoms with Crippen LogP contribution in [0, 0.1) is 0 Å². The lowest BCUT2D eigenvalue weighted by atomic mass is 9.79. The van der Waals surface area contributed by atoms with E-state index in [1.807, 2.05) is 7.05 Å². The molecule has 1 aliphatic carbocycles. The molecule has 26 heavy (non-hydrogen) atoms. The van der Waals surface area contributed by atoms with Gasteiger partial charge in [-0.15, -0.1) is 0 Å². The summed E-state index contributed by atoms with van der Waals surface area (Å²) in [6, 6.07) is 0. The second-order valence-corrected chi connectivity index (χ2v) is 8.10. The first-order chi connectivity index (χ1) is 12.6. The second kappa shape index (κ2) is 7.02. The van der Waals surface area contributed by atoms with Crippen molar-refractivity contribution in [2.24, 2.45) is 7.05 Å². The molecule has 3 heterocycles. The molecule has 7 heteroatoms. The smallest absolute Gasteiger partial charge is 0.229 e. The highest BCUT2D eigenvalue weighted by atomic mass is 15.3. The highest BCUT2D eigenvalue weighted by Crippen LogP contribution is 2.36. The maximum absolute atomic E-state index is 6.18. The summed E-state index contributed by atoms with van der Waals surface area (Å²) >= 11 is 0. The van der Waals surface area contributed by atoms with Gasteiger partial charge in [-0.25, -0.2) is 0 Å². The zero-order valence-corrected chi connectivity index (χ0v) is 16.1. The first-order valence-electron chi connectivity index (χ1n) is 10.0. The van der Waals surface area contributed by atoms with E-state index in [0.717, 1.165) is 17.6 Å². The molecule has 0 aromatic carbocycles. The van der Waals surface area contributed by atoms with Crippen LogP contribution in [0.4, 0.5) is 11.8 Å². The van der Waals surface area contributed by atoms with Gasteiger partial charge in [0, 0.05) is 26.2 Å². The molecular formula is C19H31N7. The zero-order chi connectivity index (χ0) is 18.1. The molecule has 0 atom stereocenters. The van der Waals surface area contributed by atoms with Gasteiger partial charge in [-0.2, -0.15) is 15.1 Å². The molecule has 142 valence electrons. The molecule has 2 aromatic rings. The molecule has 0 radical (unpaired) electrons. The Hall–Kier alpha value is -1.89. The predicted molar refractivity (Wildman–Crippen MR) is 105 cm³/mol. The van der Waals surface area contributed by atoms with Gasteiger partial charge in [0.25, 0.3) is 0 Å². The average molecular weight is 358 g/mol. The highest BCUT2D eigenvalue weighted by molar-refractivity contribution is 5.86. The summed E-state index contributed by atoms with van der Waals surface area (Å²) in [5, 5.41) is 5.09. The van der Waals surface area contributed by atoms with Gasteiger partial charge in [0.2, 0.25) is 5.95 Å². The lowest BCUT2D eigenvalue weighted by Crippen LogP contribution is -2.58. The van der Waals surface area contributed by atoms with Crippen molar-refractivity contribution >= 4 is 22.8 Å². The van der Waals surface area contributed by atoms with E-state index < -0.39 is 0 Å². The number of nitrogens with zero attached hydrogens (tertiary/aromatic N) is 6. The van der Waals surface area contributed by atoms with Crippen LogP contribution in [0.5, 0.6) is 0 Å². The summed E-state index contributed by atoms with van der Waals surface area (Å²) in [5.74, 6) is 1.22. The average Bonchev–Trinajstić information content (AvgIpc) is 3.05. The van der Waals surface area contributed by atoms with Gasteiger partial charge in [-0.3, -0.25) is 9.58 Å². The van der Waals surface area contributed by atoms with Crippen LogP contribution in [-0.2, 0) is 7.05 Å². The summed E-state index contributed by atoms with van der Waals surface area (Å²) in [4.78, 5) is 14.3. The minimum atomic E-state index is 0.257. The van der Waals surface area contributed by atoms with E-state index in [1.165, 1.54) is 64.5 Å². The summed E-state index contributed by atoms with van der Waals surface area (Å²) < 4.78 is 1.77. The number of hydrogen-bond donors (Lipinski definition) is 1. The van der Waals surface area contributed by atoms with E-state index in [2.05, 4.69) is 26.9 Å². The number of aryl methyl sites for hydroxylation is 1. The van der Waals surface area contributed by atoms with E-state index in [1.54, 1.807) is 10.9 Å². The summed E-state index contributed by atoms with van der Waals surface area (Å²) in [5.41, 5.74) is 7.23. The van der Waals surface area contributed by atoms with Gasteiger partial charge in [0.15, 0.2) is 5.65 Å². The van der Waals surface area contributed by atoms with Crippen LogP contribution in [0.2, 0.25) is 0 Å². The van der Waals surface area contributed by atoms with Crippen LogP contribution in [0.3, 0.4) is 0 Å². The van der Waals surface area contributed by atoms with Crippen LogP contribution in [0.15, 0.2) is 6.20 Å². The monoisotopic (exact) mass is 357 g/mol. The Bertz CT molecular complexity index is 757. The fourth-order valence-electron chi connectivity index (χ4n) is 4.87. The molecule has 7 nitrogen and oxygen atoms in total. The van der Waals surface area contributed by atoms with Crippen molar-refractivity contribution < 1.29 is 0 Å². The van der Waals surface area contributed by atoms with Crippen molar-refractivity contribution in [3.63, 3.8) is 0 Å². The maximum atomic E-state index is 6.18. The molecule has 0 amide bonds. The van der Waals surface area contributed by atoms with Crippen LogP contribution in [0.1, 0.15) is 51.4 Å². The number of nitrogen functional groups attached to an aromatic ring is 1. The number of likely N-dealkylation sites (N-methyl/N-ethyl adjacent to an activating group) is 1. The Labute approximate surface area is 155 Å². The Kier molecular flexibility index (Phi) is 4.73. The first-order valence-corrected chi connectivity index (χ1v) is 10.0. The van der Waals surface area contributed by atoms with E-state index in [0.29, 0.717) is 11.8 Å². The predicted octanol–water partition coefficient (Wildman–Crippen LogP) is 2.57. The van der Waals surface area contributed by atoms with Gasteiger partial charge in [0.05, 0.1) is 11.6 Å². The summed E-state index contributed by atoms with van der Waals surface area (Å²) in [6.45, 7) is 3.44. The molecule has 0 bridgehead atoms. The van der Waals surface area contributed by atoms with Gasteiger partial charge in [-0.05, 0) is 38.8 Å². The molecule has 2 aliphatic rings. The minimum absolute atomic E-state index is 0.257. The van der Waals surface area contributed by atoms with Crippen LogP contribution in [0.25, 0.3) is 11.0 Å². The molecule has 4 rings (SSSR count). The number of anilines is 2. The normalized spacial score (nSPS) is 21.2. The number of fused-ring (bicyclic) bond motifs is 1. The molecule has 1 aliphatic heterocycles. The summed E-state index contributed by atoms with van der Waals surface area (Å²) in [6.07, 6.45) is 12.4. The van der Waals surface area contributed by atoms with Crippen molar-refractivity contribution in [2.75, 3.05) is 37.3 Å². The molecule has 2 aromatic heterocycles. The lowest BCUT2D eigenvalue weighted by Gasteiger charge is -2.49. The molecular weight excluding hydrogens is 326 g/mol. The fraction of sp³-hybridized carbons (Fsp3) is 0.737. The van der Waals surface area contributed by atoms with Crippen molar-refractivity contribution in [1.29, 1.82) is 0 Å². The van der Waals surface area contributed by atoms with E-state index in [-0.39, 0.29) is 5.54 Å². The first kappa shape index (κ1) is 17.5. The third-order valence-corrected chi connectivity index (χ3v) is 6.29. The van der Waals surface area contributed by atoms with Gasteiger partial charge >= 0.3 is 0 Å². The summed E-state index contributed by atoms with van der Waals surface area (Å²) in [7, 11) is 4.01. The Morgan fingerprint density at radius 2 is 1.77 bits per heavy atom. The van der Waals surface area contributed by atoms with E-state index >= 15 is 0 Å². The van der Waals surface area contributed by atoms with Gasteiger partial charge < -0.3 is 10.6 Å². The SMILES string of the molecule is CN(CC1(N2CCCCC2)CCCCC1)c1nc(N)c2cnn(C)c2n1. The second-order valence-electron chi connectivity index (χ2n) is 8.10. The van der Waals surface area contributed by atoms with Crippen molar-refractivity contribution in [1.82, 2.24) is 24.6 Å². The number of rotatable bonds is 4. The highest BCUT2D eigenvalue weighted by Gasteiger charge is 2.39. The molecule has 0 unspecified atom stereocenters. The van der Waals surface area contributed by atoms with E-state index in [9.17, 15) is 0 Å². The molecule has 2 fully saturated rings. The fourth-order valence-corrected chi connectivity index (χ4v) is 4.87. The van der Waals surface area contributed by atoms with Crippen LogP contribution in [-0.4, -0.2) is 56.9 Å². The standard InChI is InChI=1S/C19H31N7/c1-24(18-22-16(20)15-13-21-25(2)17(15)23-18)14-19(9-5-3-6-10-19)26-11-7-4-8-12-26/h13H,3-12,14H2,1-2H3,(H2,20,22,23). The maximum Gasteiger partial charge on any atom is 0.229 e. The number of nitrogens with two attached hydrogens (primary N) is 1. The van der Waals surface area contributed by atoms with Crippen molar-refractivity contribution in [3.8, 4) is 0 Å². The third-order valence-electron chi connectivity index (χ3n) is 6.29. The van der Waals surface area contributed by atoms with Gasteiger partial charge in [-0.1, -0.05) is 25.7 Å². The minimum Gasteiger partial charge on any atom is -0.383 e. The lowest BCUT2D eigenvalue weighted by molar-refractivity contribution is 0.0394. The number of piperidine rings is 1. The van der Waals surface area contributed by atoms with E-state index in [4.69, 9.17) is 10.7 Å². The largest absolute Gasteiger partial charge is 0.383 e. The Morgan fingerprint density at radius 3 is 2.50 bits per heavy atom. The van der Waals surface area contributed by atoms with Crippen molar-refractivity contribution in [3.05, 3.63) is 6.20 Å². The molecule has 1 saturated heterocycles. The number of likely N-dealkylation sites (tertiary alicyclic amines) is 1. The van der Waals surface area contributed by atoms with Crippen molar-refractivity contribution in [2.45, 2.75) is 56.9 Å². The molecule has 2 N–H and O–H groups in total. The Balaban J connectivity index is 1.61. The molecule has 1 saturated carbocycles. The third kappa shape index (κ3) is 3.13. The molecule has 0 spiro atoms. The van der Waals surface area contributed by atoms with Crippen LogP contribution >= 0.6 is 0 Å². The Morgan fingerprint density at radius 1 is 1.08 bits per heavy atom. The zero-order valence-electron chi connectivity index (χ0n) is 16.1.